The number of unbranched alkanes of at least 4 members (excludes halogenated alkanes) is 1. The van der Waals surface area contributed by atoms with Crippen LogP contribution in [0.3, 0.4) is 0 Å². The van der Waals surface area contributed by atoms with Crippen LogP contribution in [0.4, 0.5) is 13.2 Å². The highest BCUT2D eigenvalue weighted by Crippen LogP contribution is 2.37. The summed E-state index contributed by atoms with van der Waals surface area (Å²) in [6.45, 7) is 1.09. The van der Waals surface area contributed by atoms with Crippen molar-refractivity contribution in [3.8, 4) is 17.2 Å². The number of nitrogens with zero attached hydrogens (tertiary/aromatic N) is 1. The molecule has 62 heavy (non-hydrogen) atoms. The first-order chi connectivity index (χ1) is 29.5. The van der Waals surface area contributed by atoms with Gasteiger partial charge in [0.2, 0.25) is 5.91 Å². The summed E-state index contributed by atoms with van der Waals surface area (Å²) in [4.78, 5) is 42.2. The van der Waals surface area contributed by atoms with Gasteiger partial charge in [0.25, 0.3) is 0 Å². The molecule has 0 aliphatic heterocycles. The van der Waals surface area contributed by atoms with E-state index in [0.29, 0.717) is 36.0 Å². The second kappa shape index (κ2) is 24.1. The molecule has 1 amide bonds. The summed E-state index contributed by atoms with van der Waals surface area (Å²) in [6, 6.07) is 14.7. The van der Waals surface area contributed by atoms with Gasteiger partial charge in [0.1, 0.15) is 31.1 Å². The zero-order valence-corrected chi connectivity index (χ0v) is 34.0. The monoisotopic (exact) mass is 872 g/mol. The van der Waals surface area contributed by atoms with Crippen LogP contribution in [0.1, 0.15) is 61.3 Å². The van der Waals surface area contributed by atoms with Crippen LogP contribution in [0, 0.1) is 11.8 Å². The number of amides is 1. The number of carbonyl (C=O) groups excluding carboxylic acids is 3. The highest BCUT2D eigenvalue weighted by atomic mass is 19.4. The molecule has 6 atom stereocenters. The number of ether oxygens (including phenoxy) is 4. The molecule has 1 unspecified atom stereocenters. The van der Waals surface area contributed by atoms with Crippen LogP contribution in [-0.2, 0) is 43.3 Å². The summed E-state index contributed by atoms with van der Waals surface area (Å²) in [5.74, 6) is -2.32. The van der Waals surface area contributed by atoms with Crippen molar-refractivity contribution in [1.29, 1.82) is 0 Å². The molecule has 3 aromatic rings. The molecule has 336 valence electrons. The van der Waals surface area contributed by atoms with E-state index >= 15 is 0 Å². The van der Waals surface area contributed by atoms with Crippen molar-refractivity contribution in [2.45, 2.75) is 82.8 Å². The molecule has 0 aromatic heterocycles. The molecule has 1 fully saturated rings. The van der Waals surface area contributed by atoms with Crippen molar-refractivity contribution in [2.24, 2.45) is 11.8 Å². The Hall–Kier alpha value is -5.60. The number of rotatable bonds is 22. The van der Waals surface area contributed by atoms with E-state index in [1.165, 1.54) is 50.5 Å². The molecular weight excluding hydrogens is 821 g/mol. The lowest BCUT2D eigenvalue weighted by atomic mass is 9.89. The van der Waals surface area contributed by atoms with Crippen molar-refractivity contribution in [3.05, 3.63) is 119 Å². The predicted molar refractivity (Wildman–Crippen MR) is 215 cm³/mol. The third-order valence-corrected chi connectivity index (χ3v) is 9.69. The Balaban J connectivity index is 1.15. The maximum absolute atomic E-state index is 13.0. The van der Waals surface area contributed by atoms with Crippen LogP contribution in [0.25, 0.3) is 6.08 Å². The maximum atomic E-state index is 13.0. The Morgan fingerprint density at radius 1 is 0.952 bits per heavy atom. The third-order valence-electron chi connectivity index (χ3n) is 9.69. The van der Waals surface area contributed by atoms with Gasteiger partial charge in [0, 0.05) is 24.8 Å². The summed E-state index contributed by atoms with van der Waals surface area (Å²) in [5, 5.41) is 50.9. The van der Waals surface area contributed by atoms with Gasteiger partial charge in [-0.2, -0.15) is 13.2 Å². The largest absolute Gasteiger partial charge is 0.493 e. The van der Waals surface area contributed by atoms with Gasteiger partial charge < -0.3 is 39.6 Å². The normalized spacial score (nSPS) is 19.0. The Morgan fingerprint density at radius 2 is 1.68 bits per heavy atom. The molecule has 1 aliphatic carbocycles. The average molecular weight is 873 g/mol. The zero-order valence-electron chi connectivity index (χ0n) is 34.0. The predicted octanol–water partition coefficient (Wildman–Crippen LogP) is 5.86. The molecule has 0 radical (unpaired) electrons. The lowest BCUT2D eigenvalue weighted by molar-refractivity contribution is -0.497. The number of esters is 2. The van der Waals surface area contributed by atoms with Gasteiger partial charge in [-0.25, -0.2) is 14.4 Å². The maximum Gasteiger partial charge on any atom is 0.416 e. The van der Waals surface area contributed by atoms with Gasteiger partial charge in [-0.05, 0) is 85.2 Å². The Bertz CT molecular complexity index is 2010. The van der Waals surface area contributed by atoms with Crippen LogP contribution in [-0.4, -0.2) is 87.0 Å². The summed E-state index contributed by atoms with van der Waals surface area (Å²) in [6.07, 6.45) is 3.62. The highest BCUT2D eigenvalue weighted by Gasteiger charge is 2.39. The number of hydrogen-bond donors (Lipinski definition) is 6. The SMILES string of the molecule is COc1cc(/C=C/C(=O)OCc2ccc(CON(O)O)cc2)ccc1OC(=O)C(C)NC(=O)CCC/C=C\C[C@@H]1[C@@H](/C=C/[C@@H](O)COc2cccc(C(F)(F)F)c2)[C@H](O)C[C@@H]1O. The smallest absolute Gasteiger partial charge is 0.416 e. The molecule has 6 N–H and O–H groups in total. The molecule has 0 bridgehead atoms. The third kappa shape index (κ3) is 16.4. The van der Waals surface area contributed by atoms with E-state index < -0.39 is 54.0 Å². The number of methoxy groups -OCH3 is 1. The number of halogens is 3. The van der Waals surface area contributed by atoms with Crippen LogP contribution in [0.5, 0.6) is 17.2 Å². The first-order valence-electron chi connectivity index (χ1n) is 19.6. The second-order valence-corrected chi connectivity index (χ2v) is 14.4. The molecule has 18 heteroatoms. The minimum absolute atomic E-state index is 0.00525. The molecule has 4 rings (SSSR count). The van der Waals surface area contributed by atoms with Crippen molar-refractivity contribution >= 4 is 23.9 Å². The first kappa shape index (κ1) is 49.1. The molecular formula is C44H51F3N2O13. The van der Waals surface area contributed by atoms with Crippen molar-refractivity contribution < 1.29 is 77.1 Å². The minimum Gasteiger partial charge on any atom is -0.493 e. The number of aliphatic hydroxyl groups is 3. The fraction of sp³-hybridized carbons (Fsp3) is 0.386. The quantitative estimate of drug-likeness (QED) is 0.0174. The number of benzene rings is 3. The van der Waals surface area contributed by atoms with Crippen LogP contribution >= 0.6 is 0 Å². The summed E-state index contributed by atoms with van der Waals surface area (Å²) >= 11 is 0. The van der Waals surface area contributed by atoms with Gasteiger partial charge in [-0.1, -0.05) is 60.7 Å². The lowest BCUT2D eigenvalue weighted by Gasteiger charge is -2.19. The second-order valence-electron chi connectivity index (χ2n) is 14.4. The van der Waals surface area contributed by atoms with E-state index in [9.17, 15) is 42.9 Å². The molecule has 0 saturated heterocycles. The Morgan fingerprint density at radius 3 is 2.37 bits per heavy atom. The van der Waals surface area contributed by atoms with E-state index in [4.69, 9.17) is 29.4 Å². The molecule has 0 heterocycles. The summed E-state index contributed by atoms with van der Waals surface area (Å²) in [7, 11) is 1.38. The molecule has 15 nitrogen and oxygen atoms in total. The zero-order chi connectivity index (χ0) is 45.2. The summed E-state index contributed by atoms with van der Waals surface area (Å²) < 4.78 is 60.3. The number of allylic oxidation sites excluding steroid dienone is 2. The number of hydrogen-bond acceptors (Lipinski definition) is 14. The van der Waals surface area contributed by atoms with E-state index in [1.807, 2.05) is 12.2 Å². The topological polar surface area (TPSA) is 214 Å². The minimum atomic E-state index is -4.53. The Kier molecular flexibility index (Phi) is 19.1. The van der Waals surface area contributed by atoms with Gasteiger partial charge in [-0.3, -0.25) is 15.2 Å². The first-order valence-corrected chi connectivity index (χ1v) is 19.6. The van der Waals surface area contributed by atoms with Crippen molar-refractivity contribution in [2.75, 3.05) is 13.7 Å². The number of alkyl halides is 3. The van der Waals surface area contributed by atoms with Crippen LogP contribution < -0.4 is 19.5 Å². The van der Waals surface area contributed by atoms with Crippen molar-refractivity contribution in [3.63, 3.8) is 0 Å². The van der Waals surface area contributed by atoms with Crippen LogP contribution in [0.2, 0.25) is 0 Å². The fourth-order valence-corrected chi connectivity index (χ4v) is 6.39. The lowest BCUT2D eigenvalue weighted by Crippen LogP contribution is -2.40. The van der Waals surface area contributed by atoms with Gasteiger partial charge in [-0.15, -0.1) is 0 Å². The van der Waals surface area contributed by atoms with Gasteiger partial charge in [0.15, 0.2) is 11.5 Å². The highest BCUT2D eigenvalue weighted by molar-refractivity contribution is 5.87. The Labute approximate surface area is 356 Å². The molecule has 0 spiro atoms. The standard InChI is InChI=1S/C44H51F3N2O13/c1-28(43(55)62-39-20-16-29(22-40(39)58-2)17-21-42(54)60-25-30-12-14-31(15-13-30)26-61-49(56)57)48-41(53)11-6-4-3-5-10-35-36(38(52)24-37(35)51)19-18-33(50)27-59-34-9-7-8-32(23-34)44(45,46)47/h3,5,7-9,12-23,28,33,35-38,50-52,56-57H,4,6,10-11,24-27H2,1-2H3,(H,48,53)/b5-3-,19-18+,21-17+/t28?,33-,35-,36-,37+,38-/m1/s1. The van der Waals surface area contributed by atoms with E-state index in [1.54, 1.807) is 42.5 Å². The average Bonchev–Trinajstić information content (AvgIpc) is 3.51. The number of carbonyl (C=O) groups is 3. The number of aliphatic hydroxyl groups excluding tert-OH is 3. The van der Waals surface area contributed by atoms with Gasteiger partial charge >= 0.3 is 18.1 Å². The van der Waals surface area contributed by atoms with E-state index in [-0.39, 0.29) is 67.1 Å². The van der Waals surface area contributed by atoms with Crippen molar-refractivity contribution in [1.82, 2.24) is 10.7 Å². The summed E-state index contributed by atoms with van der Waals surface area (Å²) in [5.41, 5.74) is 1.03. The molecule has 1 saturated carbocycles. The number of nitrogens with one attached hydrogen (secondary N) is 1. The van der Waals surface area contributed by atoms with Gasteiger partial charge in [0.05, 0.1) is 36.9 Å². The van der Waals surface area contributed by atoms with E-state index in [2.05, 4.69) is 10.2 Å². The fourth-order valence-electron chi connectivity index (χ4n) is 6.39. The van der Waals surface area contributed by atoms with E-state index in [0.717, 1.165) is 12.1 Å². The molecule has 3 aromatic carbocycles. The van der Waals surface area contributed by atoms with Crippen LogP contribution in [0.15, 0.2) is 97.1 Å². The molecule has 1 aliphatic rings.